The summed E-state index contributed by atoms with van der Waals surface area (Å²) in [6, 6.07) is 0.381. The zero-order valence-corrected chi connectivity index (χ0v) is 8.53. The molecule has 0 bridgehead atoms. The minimum absolute atomic E-state index is 0. The van der Waals surface area contributed by atoms with Gasteiger partial charge in [-0.1, -0.05) is 0 Å². The van der Waals surface area contributed by atoms with E-state index in [4.69, 9.17) is 5.73 Å². The van der Waals surface area contributed by atoms with Gasteiger partial charge in [-0.15, -0.1) is 12.4 Å². The molecule has 2 fully saturated rings. The maximum atomic E-state index is 11.1. The molecule has 3 N–H and O–H groups in total. The van der Waals surface area contributed by atoms with Crippen LogP contribution in [0.4, 0.5) is 0 Å². The van der Waals surface area contributed by atoms with Crippen LogP contribution in [0.5, 0.6) is 0 Å². The standard InChI is InChI=1S/C9H16N2O.ClH/c10-7-1-3-9(4-2-7)5-8(12)11-6-9;/h7H,1-6,10H2,(H,11,12);1H. The first-order chi connectivity index (χ1) is 5.70. The van der Waals surface area contributed by atoms with Crippen LogP contribution in [-0.4, -0.2) is 18.5 Å². The average molecular weight is 205 g/mol. The molecule has 1 aliphatic heterocycles. The normalized spacial score (nSPS) is 38.5. The number of amides is 1. The minimum atomic E-state index is 0. The predicted octanol–water partition coefficient (Wildman–Crippen LogP) is 0.816. The molecule has 0 unspecified atom stereocenters. The second-order valence-electron chi connectivity index (χ2n) is 4.29. The Kier molecular flexibility index (Phi) is 3.19. The molecule has 4 heteroatoms. The van der Waals surface area contributed by atoms with E-state index < -0.39 is 0 Å². The summed E-state index contributed by atoms with van der Waals surface area (Å²) in [7, 11) is 0. The quantitative estimate of drug-likeness (QED) is 0.614. The van der Waals surface area contributed by atoms with E-state index in [1.54, 1.807) is 0 Å². The molecule has 1 amide bonds. The summed E-state index contributed by atoms with van der Waals surface area (Å²) in [6.45, 7) is 0.887. The Balaban J connectivity index is 0.000000845. The second-order valence-corrected chi connectivity index (χ2v) is 4.29. The molecule has 1 heterocycles. The molecule has 13 heavy (non-hydrogen) atoms. The van der Waals surface area contributed by atoms with Crippen molar-refractivity contribution in [2.75, 3.05) is 6.54 Å². The van der Waals surface area contributed by atoms with Crippen LogP contribution in [0.15, 0.2) is 0 Å². The second kappa shape index (κ2) is 3.84. The fourth-order valence-corrected chi connectivity index (χ4v) is 2.36. The number of rotatable bonds is 0. The van der Waals surface area contributed by atoms with Gasteiger partial charge in [-0.05, 0) is 31.1 Å². The number of hydrogen-bond donors (Lipinski definition) is 2. The largest absolute Gasteiger partial charge is 0.356 e. The smallest absolute Gasteiger partial charge is 0.220 e. The van der Waals surface area contributed by atoms with Crippen LogP contribution < -0.4 is 11.1 Å². The molecule has 0 aromatic carbocycles. The molecule has 76 valence electrons. The Morgan fingerprint density at radius 3 is 2.46 bits per heavy atom. The lowest BCUT2D eigenvalue weighted by Gasteiger charge is -2.34. The van der Waals surface area contributed by atoms with E-state index in [1.165, 1.54) is 0 Å². The number of nitrogens with one attached hydrogen (secondary N) is 1. The lowest BCUT2D eigenvalue weighted by molar-refractivity contribution is -0.119. The first-order valence-corrected chi connectivity index (χ1v) is 4.73. The fraction of sp³-hybridized carbons (Fsp3) is 0.889. The Morgan fingerprint density at radius 2 is 2.00 bits per heavy atom. The van der Waals surface area contributed by atoms with Crippen LogP contribution >= 0.6 is 12.4 Å². The number of carbonyl (C=O) groups excluding carboxylic acids is 1. The Hall–Kier alpha value is -0.280. The molecule has 1 saturated carbocycles. The summed E-state index contributed by atoms with van der Waals surface area (Å²) in [4.78, 5) is 11.1. The van der Waals surface area contributed by atoms with Crippen molar-refractivity contribution in [1.82, 2.24) is 5.32 Å². The van der Waals surface area contributed by atoms with Crippen molar-refractivity contribution < 1.29 is 4.79 Å². The summed E-state index contributed by atoms with van der Waals surface area (Å²) in [6.07, 6.45) is 5.18. The van der Waals surface area contributed by atoms with Crippen LogP contribution in [0.1, 0.15) is 32.1 Å². The van der Waals surface area contributed by atoms with Crippen molar-refractivity contribution in [2.24, 2.45) is 11.1 Å². The first kappa shape index (κ1) is 10.8. The van der Waals surface area contributed by atoms with E-state index in [0.29, 0.717) is 6.04 Å². The average Bonchev–Trinajstić information content (AvgIpc) is 2.40. The zero-order chi connectivity index (χ0) is 8.60. The molecule has 3 nitrogen and oxygen atoms in total. The van der Waals surface area contributed by atoms with Gasteiger partial charge in [0, 0.05) is 19.0 Å². The van der Waals surface area contributed by atoms with Crippen molar-refractivity contribution in [3.8, 4) is 0 Å². The fourth-order valence-electron chi connectivity index (χ4n) is 2.36. The van der Waals surface area contributed by atoms with Gasteiger partial charge in [0.25, 0.3) is 0 Å². The molecular weight excluding hydrogens is 188 g/mol. The monoisotopic (exact) mass is 204 g/mol. The van der Waals surface area contributed by atoms with Crippen molar-refractivity contribution >= 4 is 18.3 Å². The lowest BCUT2D eigenvalue weighted by atomic mass is 9.72. The van der Waals surface area contributed by atoms with Gasteiger partial charge in [-0.3, -0.25) is 4.79 Å². The van der Waals surface area contributed by atoms with Gasteiger partial charge < -0.3 is 11.1 Å². The highest BCUT2D eigenvalue weighted by molar-refractivity contribution is 5.85. The van der Waals surface area contributed by atoms with Gasteiger partial charge in [0.1, 0.15) is 0 Å². The Bertz CT molecular complexity index is 200. The van der Waals surface area contributed by atoms with E-state index in [-0.39, 0.29) is 23.7 Å². The summed E-state index contributed by atoms with van der Waals surface area (Å²) in [5.74, 6) is 0.227. The maximum absolute atomic E-state index is 11.1. The first-order valence-electron chi connectivity index (χ1n) is 4.73. The highest BCUT2D eigenvalue weighted by Gasteiger charge is 2.40. The summed E-state index contributed by atoms with van der Waals surface area (Å²) in [5.41, 5.74) is 6.10. The number of carbonyl (C=O) groups is 1. The lowest BCUT2D eigenvalue weighted by Crippen LogP contribution is -2.35. The van der Waals surface area contributed by atoms with Crippen LogP contribution in [0.2, 0.25) is 0 Å². The van der Waals surface area contributed by atoms with Crippen LogP contribution in [-0.2, 0) is 4.79 Å². The topological polar surface area (TPSA) is 55.1 Å². The van der Waals surface area contributed by atoms with E-state index >= 15 is 0 Å². The number of hydrogen-bond acceptors (Lipinski definition) is 2. The molecule has 2 aliphatic rings. The van der Waals surface area contributed by atoms with Crippen molar-refractivity contribution in [1.29, 1.82) is 0 Å². The third kappa shape index (κ3) is 2.15. The van der Waals surface area contributed by atoms with Gasteiger partial charge in [0.2, 0.25) is 5.91 Å². The van der Waals surface area contributed by atoms with Crippen molar-refractivity contribution in [2.45, 2.75) is 38.1 Å². The van der Waals surface area contributed by atoms with E-state index in [2.05, 4.69) is 5.32 Å². The SMILES string of the molecule is Cl.NC1CCC2(CC1)CNC(=O)C2. The maximum Gasteiger partial charge on any atom is 0.220 e. The Morgan fingerprint density at radius 1 is 1.38 bits per heavy atom. The van der Waals surface area contributed by atoms with Crippen molar-refractivity contribution in [3.63, 3.8) is 0 Å². The highest BCUT2D eigenvalue weighted by atomic mass is 35.5. The third-order valence-corrected chi connectivity index (χ3v) is 3.29. The summed E-state index contributed by atoms with van der Waals surface area (Å²) in [5, 5.41) is 2.92. The molecule has 1 saturated heterocycles. The van der Waals surface area contributed by atoms with E-state index in [1.807, 2.05) is 0 Å². The highest BCUT2D eigenvalue weighted by Crippen LogP contribution is 2.40. The van der Waals surface area contributed by atoms with Gasteiger partial charge in [-0.25, -0.2) is 0 Å². The summed E-state index contributed by atoms with van der Waals surface area (Å²) < 4.78 is 0. The third-order valence-electron chi connectivity index (χ3n) is 3.29. The van der Waals surface area contributed by atoms with Crippen LogP contribution in [0.25, 0.3) is 0 Å². The van der Waals surface area contributed by atoms with E-state index in [0.717, 1.165) is 38.6 Å². The summed E-state index contributed by atoms with van der Waals surface area (Å²) >= 11 is 0. The van der Waals surface area contributed by atoms with Gasteiger partial charge in [-0.2, -0.15) is 0 Å². The predicted molar refractivity (Wildman–Crippen MR) is 53.8 cm³/mol. The van der Waals surface area contributed by atoms with Gasteiger partial charge in [0.15, 0.2) is 0 Å². The van der Waals surface area contributed by atoms with Gasteiger partial charge in [0.05, 0.1) is 0 Å². The van der Waals surface area contributed by atoms with Gasteiger partial charge >= 0.3 is 0 Å². The molecule has 0 atom stereocenters. The molecule has 0 aromatic rings. The zero-order valence-electron chi connectivity index (χ0n) is 7.71. The molecule has 2 rings (SSSR count). The molecule has 0 aromatic heterocycles. The molecular formula is C9H17ClN2O. The molecule has 1 spiro atoms. The molecule has 0 radical (unpaired) electrons. The van der Waals surface area contributed by atoms with E-state index in [9.17, 15) is 4.79 Å². The minimum Gasteiger partial charge on any atom is -0.356 e. The number of halogens is 1. The van der Waals surface area contributed by atoms with Crippen LogP contribution in [0, 0.1) is 5.41 Å². The van der Waals surface area contributed by atoms with Crippen LogP contribution in [0.3, 0.4) is 0 Å². The van der Waals surface area contributed by atoms with Crippen molar-refractivity contribution in [3.05, 3.63) is 0 Å². The number of nitrogens with two attached hydrogens (primary N) is 1. The Labute approximate surface area is 84.9 Å². The molecule has 1 aliphatic carbocycles.